The average Bonchev–Trinajstić information content (AvgIpc) is 2.12. The van der Waals surface area contributed by atoms with E-state index >= 15 is 0 Å². The fraction of sp³-hybridized carbons (Fsp3) is 0.300. The van der Waals surface area contributed by atoms with Crippen molar-refractivity contribution in [1.82, 2.24) is 4.90 Å². The van der Waals surface area contributed by atoms with Crippen molar-refractivity contribution in [1.29, 1.82) is 0 Å². The molecule has 0 unspecified atom stereocenters. The number of aromatic hydroxyl groups is 1. The van der Waals surface area contributed by atoms with E-state index in [1.54, 1.807) is 0 Å². The van der Waals surface area contributed by atoms with E-state index in [1.807, 2.05) is 0 Å². The first-order valence-electron chi connectivity index (χ1n) is 4.54. The molecule has 1 fully saturated rings. The van der Waals surface area contributed by atoms with Crippen LogP contribution in [-0.2, 0) is 0 Å². The fourth-order valence-corrected chi connectivity index (χ4v) is 1.47. The van der Waals surface area contributed by atoms with Crippen molar-refractivity contribution in [3.63, 3.8) is 0 Å². The molecule has 80 valence electrons. The molecule has 15 heavy (non-hydrogen) atoms. The Morgan fingerprint density at radius 1 is 1.47 bits per heavy atom. The highest BCUT2D eigenvalue weighted by Crippen LogP contribution is 2.19. The zero-order chi connectivity index (χ0) is 11.0. The van der Waals surface area contributed by atoms with E-state index in [2.05, 4.69) is 0 Å². The Morgan fingerprint density at radius 3 is 2.67 bits per heavy atom. The average molecular weight is 211 g/mol. The molecule has 0 atom stereocenters. The summed E-state index contributed by atoms with van der Waals surface area (Å²) in [5.41, 5.74) is -0.0836. The number of amides is 1. The van der Waals surface area contributed by atoms with E-state index in [-0.39, 0.29) is 24.4 Å². The van der Waals surface area contributed by atoms with Gasteiger partial charge in [-0.05, 0) is 12.1 Å². The molecule has 1 amide bonds. The number of rotatable bonds is 1. The van der Waals surface area contributed by atoms with Crippen LogP contribution in [0.15, 0.2) is 18.2 Å². The van der Waals surface area contributed by atoms with E-state index in [9.17, 15) is 9.18 Å². The highest BCUT2D eigenvalue weighted by atomic mass is 19.1. The van der Waals surface area contributed by atoms with Crippen molar-refractivity contribution in [3.05, 3.63) is 29.6 Å². The van der Waals surface area contributed by atoms with Gasteiger partial charge in [-0.3, -0.25) is 4.79 Å². The van der Waals surface area contributed by atoms with Gasteiger partial charge in [0, 0.05) is 19.2 Å². The quantitative estimate of drug-likeness (QED) is 0.704. The Labute approximate surface area is 85.6 Å². The smallest absolute Gasteiger partial charge is 0.257 e. The number of nitrogens with zero attached hydrogens (tertiary/aromatic N) is 1. The van der Waals surface area contributed by atoms with E-state index in [0.717, 1.165) is 6.07 Å². The standard InChI is InChI=1S/C10H10FNO3/c11-9-3-6(13)1-2-8(9)10(15)12-4-7(14)5-12/h1-3,7,13-14H,4-5H2. The summed E-state index contributed by atoms with van der Waals surface area (Å²) in [6, 6.07) is 3.38. The maximum absolute atomic E-state index is 13.2. The lowest BCUT2D eigenvalue weighted by atomic mass is 10.1. The summed E-state index contributed by atoms with van der Waals surface area (Å²) in [6.07, 6.45) is -0.505. The van der Waals surface area contributed by atoms with Crippen LogP contribution in [0.25, 0.3) is 0 Å². The summed E-state index contributed by atoms with van der Waals surface area (Å²) in [7, 11) is 0. The van der Waals surface area contributed by atoms with Gasteiger partial charge < -0.3 is 15.1 Å². The van der Waals surface area contributed by atoms with Gasteiger partial charge in [0.25, 0.3) is 5.91 Å². The molecule has 1 aliphatic rings. The molecule has 1 aliphatic heterocycles. The minimum atomic E-state index is -0.749. The second-order valence-corrected chi connectivity index (χ2v) is 3.53. The number of carbonyl (C=O) groups excluding carboxylic acids is 1. The number of β-amino-alcohol motifs (C(OH)–C–C–N with tert-alkyl or cyclic N) is 1. The monoisotopic (exact) mass is 211 g/mol. The van der Waals surface area contributed by atoms with Crippen molar-refractivity contribution in [3.8, 4) is 5.75 Å². The SMILES string of the molecule is O=C(c1ccc(O)cc1F)N1CC(O)C1. The summed E-state index contributed by atoms with van der Waals surface area (Å²) in [6.45, 7) is 0.471. The molecule has 0 bridgehead atoms. The third kappa shape index (κ3) is 1.78. The first-order chi connectivity index (χ1) is 7.08. The van der Waals surface area contributed by atoms with Gasteiger partial charge >= 0.3 is 0 Å². The number of hydrogen-bond donors (Lipinski definition) is 2. The molecule has 0 spiro atoms. The van der Waals surface area contributed by atoms with Gasteiger partial charge in [0.05, 0.1) is 11.7 Å². The zero-order valence-corrected chi connectivity index (χ0v) is 7.85. The molecule has 0 aliphatic carbocycles. The van der Waals surface area contributed by atoms with Crippen molar-refractivity contribution in [2.45, 2.75) is 6.10 Å². The number of likely N-dealkylation sites (tertiary alicyclic amines) is 1. The number of aliphatic hydroxyl groups is 1. The molecular weight excluding hydrogens is 201 g/mol. The van der Waals surface area contributed by atoms with Crippen LogP contribution < -0.4 is 0 Å². The molecule has 5 heteroatoms. The number of hydrogen-bond acceptors (Lipinski definition) is 3. The van der Waals surface area contributed by atoms with Gasteiger partial charge in [0.1, 0.15) is 11.6 Å². The van der Waals surface area contributed by atoms with Gasteiger partial charge in [-0.2, -0.15) is 0 Å². The number of carbonyl (C=O) groups is 1. The van der Waals surface area contributed by atoms with Crippen LogP contribution in [0.2, 0.25) is 0 Å². The third-order valence-corrected chi connectivity index (χ3v) is 2.33. The Balaban J connectivity index is 2.19. The maximum Gasteiger partial charge on any atom is 0.257 e. The molecule has 2 rings (SSSR count). The predicted octanol–water partition coefficient (Wildman–Crippen LogP) is 0.348. The topological polar surface area (TPSA) is 60.8 Å². The second kappa shape index (κ2) is 3.51. The fourth-order valence-electron chi connectivity index (χ4n) is 1.47. The highest BCUT2D eigenvalue weighted by molar-refractivity contribution is 5.95. The molecule has 1 aromatic rings. The summed E-state index contributed by atoms with van der Waals surface area (Å²) < 4.78 is 13.2. The first kappa shape index (κ1) is 9.92. The van der Waals surface area contributed by atoms with Gasteiger partial charge in [-0.15, -0.1) is 0 Å². The molecule has 0 aromatic heterocycles. The number of aliphatic hydroxyl groups excluding tert-OH is 1. The normalized spacial score (nSPS) is 16.3. The lowest BCUT2D eigenvalue weighted by Gasteiger charge is -2.35. The predicted molar refractivity (Wildman–Crippen MR) is 50.0 cm³/mol. The van der Waals surface area contributed by atoms with Gasteiger partial charge in [0.2, 0.25) is 0 Å². The van der Waals surface area contributed by atoms with Crippen molar-refractivity contribution < 1.29 is 19.4 Å². The molecular formula is C10H10FNO3. The van der Waals surface area contributed by atoms with Crippen LogP contribution in [0.4, 0.5) is 4.39 Å². The molecule has 1 aromatic carbocycles. The lowest BCUT2D eigenvalue weighted by molar-refractivity contribution is 0.00558. The third-order valence-electron chi connectivity index (χ3n) is 2.33. The van der Waals surface area contributed by atoms with E-state index in [1.165, 1.54) is 17.0 Å². The Bertz CT molecular complexity index is 402. The minimum Gasteiger partial charge on any atom is -0.508 e. The van der Waals surface area contributed by atoms with Crippen molar-refractivity contribution in [2.24, 2.45) is 0 Å². The van der Waals surface area contributed by atoms with E-state index in [0.29, 0.717) is 0 Å². The lowest BCUT2D eigenvalue weighted by Crippen LogP contribution is -2.53. The molecule has 1 heterocycles. The summed E-state index contributed by atoms with van der Waals surface area (Å²) in [5, 5.41) is 18.0. The first-order valence-corrected chi connectivity index (χ1v) is 4.54. The zero-order valence-electron chi connectivity index (χ0n) is 7.85. The molecule has 4 nitrogen and oxygen atoms in total. The highest BCUT2D eigenvalue weighted by Gasteiger charge is 2.30. The van der Waals surface area contributed by atoms with Crippen LogP contribution in [0.1, 0.15) is 10.4 Å². The number of phenolic OH excluding ortho intramolecular Hbond substituents is 1. The number of phenols is 1. The Kier molecular flexibility index (Phi) is 2.32. The largest absolute Gasteiger partial charge is 0.508 e. The molecule has 2 N–H and O–H groups in total. The second-order valence-electron chi connectivity index (χ2n) is 3.53. The number of benzene rings is 1. The van der Waals surface area contributed by atoms with E-state index in [4.69, 9.17) is 10.2 Å². The van der Waals surface area contributed by atoms with E-state index < -0.39 is 17.8 Å². The van der Waals surface area contributed by atoms with Crippen LogP contribution in [0.5, 0.6) is 5.75 Å². The van der Waals surface area contributed by atoms with Crippen LogP contribution in [-0.4, -0.2) is 40.2 Å². The van der Waals surface area contributed by atoms with Gasteiger partial charge in [-0.25, -0.2) is 4.39 Å². The van der Waals surface area contributed by atoms with Gasteiger partial charge in [0.15, 0.2) is 0 Å². The van der Waals surface area contributed by atoms with Crippen LogP contribution in [0.3, 0.4) is 0 Å². The summed E-state index contributed by atoms with van der Waals surface area (Å²) in [5.74, 6) is -1.42. The summed E-state index contributed by atoms with van der Waals surface area (Å²) in [4.78, 5) is 12.9. The maximum atomic E-state index is 13.2. The minimum absolute atomic E-state index is 0.0836. The summed E-state index contributed by atoms with van der Waals surface area (Å²) >= 11 is 0. The van der Waals surface area contributed by atoms with Crippen molar-refractivity contribution >= 4 is 5.91 Å². The van der Waals surface area contributed by atoms with Crippen molar-refractivity contribution in [2.75, 3.05) is 13.1 Å². The molecule has 0 radical (unpaired) electrons. The molecule has 1 saturated heterocycles. The van der Waals surface area contributed by atoms with Crippen LogP contribution in [0, 0.1) is 5.82 Å². The molecule has 0 saturated carbocycles. The Hall–Kier alpha value is -1.62. The van der Waals surface area contributed by atoms with Crippen LogP contribution >= 0.6 is 0 Å². The Morgan fingerprint density at radius 2 is 2.13 bits per heavy atom. The number of halogens is 1. The van der Waals surface area contributed by atoms with Gasteiger partial charge in [-0.1, -0.05) is 0 Å².